The van der Waals surface area contributed by atoms with Gasteiger partial charge in [-0.25, -0.2) is 0 Å². The molecule has 2 nitrogen and oxygen atoms in total. The van der Waals surface area contributed by atoms with E-state index in [1.807, 2.05) is 0 Å². The molecule has 2 atom stereocenters. The monoisotopic (exact) mass is 275 g/mol. The van der Waals surface area contributed by atoms with Crippen LogP contribution in [-0.4, -0.2) is 19.2 Å². The number of rotatable bonds is 5. The van der Waals surface area contributed by atoms with Gasteiger partial charge < -0.3 is 10.1 Å². The Balaban J connectivity index is 1.97. The van der Waals surface area contributed by atoms with Gasteiger partial charge >= 0.3 is 0 Å². The molecular formula is C18H29NO. The van der Waals surface area contributed by atoms with Gasteiger partial charge in [-0.2, -0.15) is 0 Å². The van der Waals surface area contributed by atoms with Gasteiger partial charge in [0.15, 0.2) is 0 Å². The van der Waals surface area contributed by atoms with E-state index >= 15 is 0 Å². The molecule has 1 aliphatic carbocycles. The summed E-state index contributed by atoms with van der Waals surface area (Å²) >= 11 is 0. The minimum absolute atomic E-state index is 0.251. The maximum absolute atomic E-state index is 6.15. The van der Waals surface area contributed by atoms with Crippen molar-refractivity contribution in [3.63, 3.8) is 0 Å². The van der Waals surface area contributed by atoms with E-state index in [1.165, 1.54) is 24.8 Å². The lowest BCUT2D eigenvalue weighted by Gasteiger charge is -2.29. The van der Waals surface area contributed by atoms with Crippen LogP contribution < -0.4 is 10.1 Å². The first-order valence-corrected chi connectivity index (χ1v) is 7.99. The van der Waals surface area contributed by atoms with E-state index in [-0.39, 0.29) is 5.41 Å². The predicted molar refractivity (Wildman–Crippen MR) is 85.5 cm³/mol. The van der Waals surface area contributed by atoms with Crippen molar-refractivity contribution in [3.8, 4) is 5.75 Å². The van der Waals surface area contributed by atoms with Crippen molar-refractivity contribution in [1.82, 2.24) is 5.32 Å². The van der Waals surface area contributed by atoms with Crippen molar-refractivity contribution >= 4 is 0 Å². The third kappa shape index (κ3) is 3.76. The lowest BCUT2D eigenvalue weighted by molar-refractivity contribution is 0.137. The molecule has 20 heavy (non-hydrogen) atoms. The van der Waals surface area contributed by atoms with E-state index in [0.29, 0.717) is 12.1 Å². The molecule has 2 heteroatoms. The summed E-state index contributed by atoms with van der Waals surface area (Å²) in [7, 11) is 2.05. The van der Waals surface area contributed by atoms with Gasteiger partial charge in [-0.1, -0.05) is 32.9 Å². The highest BCUT2D eigenvalue weighted by Gasteiger charge is 2.22. The molecule has 1 aromatic rings. The summed E-state index contributed by atoms with van der Waals surface area (Å²) in [5.74, 6) is 1.02. The van der Waals surface area contributed by atoms with E-state index in [9.17, 15) is 0 Å². The van der Waals surface area contributed by atoms with Crippen LogP contribution in [0.1, 0.15) is 58.4 Å². The van der Waals surface area contributed by atoms with Crippen molar-refractivity contribution in [2.45, 2.75) is 70.4 Å². The third-order valence-electron chi connectivity index (χ3n) is 4.86. The fraction of sp³-hybridized carbons (Fsp3) is 0.667. The zero-order chi connectivity index (χ0) is 14.6. The van der Waals surface area contributed by atoms with Gasteiger partial charge in [-0.3, -0.25) is 0 Å². The number of nitrogens with one attached hydrogen (secondary N) is 1. The first kappa shape index (κ1) is 15.4. The van der Waals surface area contributed by atoms with Gasteiger partial charge in [0.25, 0.3) is 0 Å². The predicted octanol–water partition coefficient (Wildman–Crippen LogP) is 4.28. The van der Waals surface area contributed by atoms with Gasteiger partial charge in [0.1, 0.15) is 11.9 Å². The van der Waals surface area contributed by atoms with E-state index in [1.54, 1.807) is 0 Å². The first-order valence-electron chi connectivity index (χ1n) is 7.99. The molecule has 0 bridgehead atoms. The summed E-state index contributed by atoms with van der Waals surface area (Å²) < 4.78 is 6.15. The SMILES string of the molecule is CCC(C)(C)c1ccc(OC2CCCC(NC)C2)cc1. The Hall–Kier alpha value is -1.02. The van der Waals surface area contributed by atoms with Crippen LogP contribution in [0.5, 0.6) is 5.75 Å². The van der Waals surface area contributed by atoms with Gasteiger partial charge in [-0.15, -0.1) is 0 Å². The standard InChI is InChI=1S/C18H29NO/c1-5-18(2,3)14-9-11-16(12-10-14)20-17-8-6-7-15(13-17)19-4/h9-12,15,17,19H,5-8,13H2,1-4H3. The Bertz CT molecular complexity index is 410. The van der Waals surface area contributed by atoms with Crippen LogP contribution in [0.15, 0.2) is 24.3 Å². The second kappa shape index (κ2) is 6.62. The fourth-order valence-corrected chi connectivity index (χ4v) is 2.90. The molecule has 1 saturated carbocycles. The van der Waals surface area contributed by atoms with Crippen LogP contribution in [0.3, 0.4) is 0 Å². The van der Waals surface area contributed by atoms with Gasteiger partial charge in [0, 0.05) is 6.04 Å². The molecule has 1 aliphatic rings. The molecule has 0 aromatic heterocycles. The van der Waals surface area contributed by atoms with Gasteiger partial charge in [0.05, 0.1) is 0 Å². The van der Waals surface area contributed by atoms with E-state index in [0.717, 1.165) is 18.6 Å². The highest BCUT2D eigenvalue weighted by atomic mass is 16.5. The molecule has 1 N–H and O–H groups in total. The van der Waals surface area contributed by atoms with Crippen molar-refractivity contribution in [2.24, 2.45) is 0 Å². The van der Waals surface area contributed by atoms with Crippen LogP contribution >= 0.6 is 0 Å². The molecule has 2 unspecified atom stereocenters. The molecule has 0 amide bonds. The van der Waals surface area contributed by atoms with Crippen molar-refractivity contribution in [2.75, 3.05) is 7.05 Å². The van der Waals surface area contributed by atoms with E-state index in [2.05, 4.69) is 57.4 Å². The molecule has 0 saturated heterocycles. The third-order valence-corrected chi connectivity index (χ3v) is 4.86. The molecule has 112 valence electrons. The topological polar surface area (TPSA) is 21.3 Å². The summed E-state index contributed by atoms with van der Waals surface area (Å²) in [4.78, 5) is 0. The highest BCUT2D eigenvalue weighted by molar-refractivity contribution is 5.31. The Labute approximate surface area is 123 Å². The molecule has 0 aliphatic heterocycles. The van der Waals surface area contributed by atoms with Gasteiger partial charge in [0.2, 0.25) is 0 Å². The molecule has 1 fully saturated rings. The minimum Gasteiger partial charge on any atom is -0.490 e. The Morgan fingerprint density at radius 3 is 2.50 bits per heavy atom. The fourth-order valence-electron chi connectivity index (χ4n) is 2.90. The average molecular weight is 275 g/mol. The number of hydrogen-bond acceptors (Lipinski definition) is 2. The maximum atomic E-state index is 6.15. The molecule has 1 aromatic carbocycles. The average Bonchev–Trinajstić information content (AvgIpc) is 2.48. The summed E-state index contributed by atoms with van der Waals surface area (Å²) in [6.07, 6.45) is 6.36. The van der Waals surface area contributed by atoms with Crippen LogP contribution in [0.2, 0.25) is 0 Å². The maximum Gasteiger partial charge on any atom is 0.119 e. The summed E-state index contributed by atoms with van der Waals surface area (Å²) in [6, 6.07) is 9.33. The van der Waals surface area contributed by atoms with Crippen LogP contribution in [0.4, 0.5) is 0 Å². The van der Waals surface area contributed by atoms with Crippen LogP contribution in [0.25, 0.3) is 0 Å². The zero-order valence-corrected chi connectivity index (χ0v) is 13.4. The molecule has 2 rings (SSSR count). The first-order chi connectivity index (χ1) is 9.55. The van der Waals surface area contributed by atoms with E-state index in [4.69, 9.17) is 4.74 Å². The Morgan fingerprint density at radius 1 is 1.20 bits per heavy atom. The van der Waals surface area contributed by atoms with Crippen LogP contribution in [-0.2, 0) is 5.41 Å². The summed E-state index contributed by atoms with van der Waals surface area (Å²) in [6.45, 7) is 6.83. The highest BCUT2D eigenvalue weighted by Crippen LogP contribution is 2.29. The number of hydrogen-bond donors (Lipinski definition) is 1. The smallest absolute Gasteiger partial charge is 0.119 e. The lowest BCUT2D eigenvalue weighted by Crippen LogP contribution is -2.36. The van der Waals surface area contributed by atoms with Crippen molar-refractivity contribution in [1.29, 1.82) is 0 Å². The molecule has 0 spiro atoms. The quantitative estimate of drug-likeness (QED) is 0.866. The number of benzene rings is 1. The van der Waals surface area contributed by atoms with E-state index < -0.39 is 0 Å². The second-order valence-corrected chi connectivity index (χ2v) is 6.65. The molecule has 0 radical (unpaired) electrons. The lowest BCUT2D eigenvalue weighted by atomic mass is 9.82. The summed E-state index contributed by atoms with van der Waals surface area (Å²) in [5, 5.41) is 3.38. The molecule has 0 heterocycles. The minimum atomic E-state index is 0.251. The Kier molecular flexibility index (Phi) is 5.09. The summed E-state index contributed by atoms with van der Waals surface area (Å²) in [5.41, 5.74) is 1.64. The largest absolute Gasteiger partial charge is 0.490 e. The normalized spacial score (nSPS) is 23.6. The molecular weight excluding hydrogens is 246 g/mol. The van der Waals surface area contributed by atoms with Crippen molar-refractivity contribution < 1.29 is 4.74 Å². The van der Waals surface area contributed by atoms with Crippen molar-refractivity contribution in [3.05, 3.63) is 29.8 Å². The zero-order valence-electron chi connectivity index (χ0n) is 13.4. The van der Waals surface area contributed by atoms with Gasteiger partial charge in [-0.05, 0) is 62.3 Å². The Morgan fingerprint density at radius 2 is 1.90 bits per heavy atom. The second-order valence-electron chi connectivity index (χ2n) is 6.65. The van der Waals surface area contributed by atoms with Crippen LogP contribution in [0, 0.1) is 0 Å². The number of ether oxygens (including phenoxy) is 1.